The third-order valence-electron chi connectivity index (χ3n) is 2.61. The van der Waals surface area contributed by atoms with Crippen molar-refractivity contribution in [2.75, 3.05) is 28.2 Å². The molecule has 0 spiro atoms. The molecule has 102 valence electrons. The van der Waals surface area contributed by atoms with E-state index in [4.69, 9.17) is 10.0 Å². The van der Waals surface area contributed by atoms with Crippen LogP contribution in [0.2, 0.25) is 0 Å². The summed E-state index contributed by atoms with van der Waals surface area (Å²) in [6.07, 6.45) is 0. The summed E-state index contributed by atoms with van der Waals surface area (Å²) in [5.41, 5.74) is 0.544. The third kappa shape index (κ3) is 3.33. The van der Waals surface area contributed by atoms with Crippen LogP contribution in [-0.2, 0) is 0 Å². The first-order chi connectivity index (χ1) is 8.75. The van der Waals surface area contributed by atoms with Crippen LogP contribution in [0, 0.1) is 0 Å². The highest BCUT2D eigenvalue weighted by Gasteiger charge is 2.22. The van der Waals surface area contributed by atoms with Crippen molar-refractivity contribution in [2.24, 2.45) is 0 Å². The van der Waals surface area contributed by atoms with E-state index in [2.05, 4.69) is 0 Å². The molecule has 0 radical (unpaired) electrons. The van der Waals surface area contributed by atoms with Crippen LogP contribution in [0.5, 0.6) is 0 Å². The van der Waals surface area contributed by atoms with Crippen LogP contribution in [0.25, 0.3) is 0 Å². The van der Waals surface area contributed by atoms with Gasteiger partial charge in [-0.1, -0.05) is 6.07 Å². The first-order valence-electron chi connectivity index (χ1n) is 5.69. The first kappa shape index (κ1) is 15.2. The molecule has 0 saturated heterocycles. The molecule has 19 heavy (non-hydrogen) atoms. The van der Waals surface area contributed by atoms with Gasteiger partial charge < -0.3 is 19.8 Å². The number of benzene rings is 1. The van der Waals surface area contributed by atoms with Gasteiger partial charge in [0.2, 0.25) is 0 Å². The molecule has 6 nitrogen and oxygen atoms in total. The van der Waals surface area contributed by atoms with E-state index in [1.165, 1.54) is 28.0 Å². The molecule has 1 aromatic carbocycles. The predicted octanol–water partition coefficient (Wildman–Crippen LogP) is -1.23. The second-order valence-corrected chi connectivity index (χ2v) is 4.58. The lowest BCUT2D eigenvalue weighted by Crippen LogP contribution is -2.34. The molecular weight excluding hydrogens is 247 g/mol. The van der Waals surface area contributed by atoms with Crippen LogP contribution < -0.4 is 5.46 Å². The summed E-state index contributed by atoms with van der Waals surface area (Å²) in [4.78, 5) is 26.7. The highest BCUT2D eigenvalue weighted by molar-refractivity contribution is 6.58. The molecule has 0 heterocycles. The third-order valence-corrected chi connectivity index (χ3v) is 2.61. The summed E-state index contributed by atoms with van der Waals surface area (Å²) in [7, 11) is 4.61. The van der Waals surface area contributed by atoms with Crippen molar-refractivity contribution in [2.45, 2.75) is 0 Å². The highest BCUT2D eigenvalue weighted by atomic mass is 16.4. The number of nitrogens with zero attached hydrogens (tertiary/aromatic N) is 2. The minimum absolute atomic E-state index is 0.148. The van der Waals surface area contributed by atoms with Gasteiger partial charge in [-0.3, -0.25) is 9.59 Å². The minimum Gasteiger partial charge on any atom is -0.423 e. The van der Waals surface area contributed by atoms with E-state index in [9.17, 15) is 9.59 Å². The van der Waals surface area contributed by atoms with Crippen molar-refractivity contribution in [3.8, 4) is 0 Å². The molecule has 1 rings (SSSR count). The lowest BCUT2D eigenvalue weighted by Gasteiger charge is -2.17. The molecule has 2 N–H and O–H groups in total. The molecular formula is C12H17BN2O4. The first-order valence-corrected chi connectivity index (χ1v) is 5.69. The second kappa shape index (κ2) is 5.86. The fraction of sp³-hybridized carbons (Fsp3) is 0.333. The average molecular weight is 264 g/mol. The van der Waals surface area contributed by atoms with Gasteiger partial charge in [-0.2, -0.15) is 0 Å². The number of hydrogen-bond donors (Lipinski definition) is 2. The zero-order chi connectivity index (χ0) is 14.7. The second-order valence-electron chi connectivity index (χ2n) is 4.58. The van der Waals surface area contributed by atoms with E-state index in [0.717, 1.165) is 0 Å². The SMILES string of the molecule is CN(C)C(=O)c1ccc(B(O)O)cc1C(=O)N(C)C. The van der Waals surface area contributed by atoms with Gasteiger partial charge in [0.25, 0.3) is 11.8 Å². The van der Waals surface area contributed by atoms with Gasteiger partial charge in [-0.15, -0.1) is 0 Å². The Morgan fingerprint density at radius 2 is 1.42 bits per heavy atom. The molecule has 0 aromatic heterocycles. The summed E-state index contributed by atoms with van der Waals surface area (Å²) in [6.45, 7) is 0. The van der Waals surface area contributed by atoms with Gasteiger partial charge in [0.15, 0.2) is 0 Å². The summed E-state index contributed by atoms with van der Waals surface area (Å²) in [5.74, 6) is -0.683. The van der Waals surface area contributed by atoms with Gasteiger partial charge in [-0.25, -0.2) is 0 Å². The van der Waals surface area contributed by atoms with E-state index in [-0.39, 0.29) is 28.4 Å². The summed E-state index contributed by atoms with van der Waals surface area (Å²) in [5, 5.41) is 18.3. The number of carbonyl (C=O) groups is 2. The fourth-order valence-corrected chi connectivity index (χ4v) is 1.57. The zero-order valence-corrected chi connectivity index (χ0v) is 11.4. The van der Waals surface area contributed by atoms with Crippen molar-refractivity contribution in [1.29, 1.82) is 0 Å². The molecule has 0 fully saturated rings. The maximum Gasteiger partial charge on any atom is 0.488 e. The molecule has 2 amide bonds. The van der Waals surface area contributed by atoms with Gasteiger partial charge in [0, 0.05) is 28.2 Å². The molecule has 0 aliphatic carbocycles. The van der Waals surface area contributed by atoms with Crippen molar-refractivity contribution < 1.29 is 19.6 Å². The lowest BCUT2D eigenvalue weighted by atomic mass is 9.78. The Hall–Kier alpha value is -1.86. The molecule has 0 bridgehead atoms. The van der Waals surface area contributed by atoms with Crippen LogP contribution >= 0.6 is 0 Å². The summed E-state index contributed by atoms with van der Waals surface area (Å²) in [6, 6.07) is 4.16. The summed E-state index contributed by atoms with van der Waals surface area (Å²) < 4.78 is 0. The van der Waals surface area contributed by atoms with Gasteiger partial charge in [0.05, 0.1) is 11.1 Å². The van der Waals surface area contributed by atoms with Crippen LogP contribution in [0.3, 0.4) is 0 Å². The largest absolute Gasteiger partial charge is 0.488 e. The van der Waals surface area contributed by atoms with E-state index in [0.29, 0.717) is 0 Å². The van der Waals surface area contributed by atoms with Crippen molar-refractivity contribution in [3.63, 3.8) is 0 Å². The molecule has 0 unspecified atom stereocenters. The minimum atomic E-state index is -1.68. The number of carbonyl (C=O) groups excluding carboxylic acids is 2. The Labute approximate surface area is 112 Å². The van der Waals surface area contributed by atoms with E-state index < -0.39 is 7.12 Å². The normalized spacial score (nSPS) is 10.0. The van der Waals surface area contributed by atoms with E-state index >= 15 is 0 Å². The summed E-state index contributed by atoms with van der Waals surface area (Å²) >= 11 is 0. The lowest BCUT2D eigenvalue weighted by molar-refractivity contribution is 0.0790. The van der Waals surface area contributed by atoms with Crippen LogP contribution in [0.4, 0.5) is 0 Å². The zero-order valence-electron chi connectivity index (χ0n) is 11.4. The fourth-order valence-electron chi connectivity index (χ4n) is 1.57. The predicted molar refractivity (Wildman–Crippen MR) is 72.3 cm³/mol. The van der Waals surface area contributed by atoms with Crippen LogP contribution in [0.15, 0.2) is 18.2 Å². The Kier molecular flexibility index (Phi) is 4.69. The quantitative estimate of drug-likeness (QED) is 0.670. The van der Waals surface area contributed by atoms with Crippen molar-refractivity contribution in [3.05, 3.63) is 29.3 Å². The number of hydrogen-bond acceptors (Lipinski definition) is 4. The maximum absolute atomic E-state index is 12.1. The molecule has 0 aliphatic rings. The Morgan fingerprint density at radius 3 is 1.84 bits per heavy atom. The Morgan fingerprint density at radius 1 is 0.947 bits per heavy atom. The monoisotopic (exact) mass is 264 g/mol. The molecule has 0 atom stereocenters. The highest BCUT2D eigenvalue weighted by Crippen LogP contribution is 2.12. The maximum atomic E-state index is 12.1. The molecule has 1 aromatic rings. The van der Waals surface area contributed by atoms with E-state index in [1.54, 1.807) is 28.2 Å². The smallest absolute Gasteiger partial charge is 0.423 e. The molecule has 7 heteroatoms. The average Bonchev–Trinajstić information content (AvgIpc) is 2.35. The topological polar surface area (TPSA) is 81.1 Å². The Balaban J connectivity index is 3.39. The number of amides is 2. The van der Waals surface area contributed by atoms with Gasteiger partial charge in [0.1, 0.15) is 0 Å². The Bertz CT molecular complexity index is 501. The van der Waals surface area contributed by atoms with Crippen molar-refractivity contribution >= 4 is 24.4 Å². The van der Waals surface area contributed by atoms with Crippen LogP contribution in [-0.4, -0.2) is 67.0 Å². The molecule has 0 saturated carbocycles. The molecule has 0 aliphatic heterocycles. The van der Waals surface area contributed by atoms with Gasteiger partial charge >= 0.3 is 7.12 Å². The van der Waals surface area contributed by atoms with Gasteiger partial charge in [-0.05, 0) is 17.6 Å². The standard InChI is InChI=1S/C12H17BN2O4/c1-14(2)11(16)9-6-5-8(13(18)19)7-10(9)12(17)15(3)4/h5-7,18-19H,1-4H3. The van der Waals surface area contributed by atoms with Crippen molar-refractivity contribution in [1.82, 2.24) is 9.80 Å². The van der Waals surface area contributed by atoms with E-state index in [1.807, 2.05) is 0 Å². The number of rotatable bonds is 3. The van der Waals surface area contributed by atoms with Crippen LogP contribution in [0.1, 0.15) is 20.7 Å².